The van der Waals surface area contributed by atoms with Crippen LogP contribution >= 0.6 is 0 Å². The summed E-state index contributed by atoms with van der Waals surface area (Å²) in [5, 5.41) is 6.67. The Kier molecular flexibility index (Phi) is 7.94. The van der Waals surface area contributed by atoms with E-state index >= 15 is 0 Å². The number of ether oxygens (including phenoxy) is 1. The monoisotopic (exact) mass is 570 g/mol. The van der Waals surface area contributed by atoms with Gasteiger partial charge in [0.15, 0.2) is 5.82 Å². The predicted molar refractivity (Wildman–Crippen MR) is 164 cm³/mol. The first-order valence-electron chi connectivity index (χ1n) is 14.7. The van der Waals surface area contributed by atoms with Crippen molar-refractivity contribution in [2.24, 2.45) is 0 Å². The van der Waals surface area contributed by atoms with Gasteiger partial charge in [-0.15, -0.1) is 0 Å². The van der Waals surface area contributed by atoms with Gasteiger partial charge < -0.3 is 30.1 Å². The van der Waals surface area contributed by atoms with Crippen LogP contribution in [-0.4, -0.2) is 97.6 Å². The quantitative estimate of drug-likeness (QED) is 0.461. The predicted octanol–water partition coefficient (Wildman–Crippen LogP) is 3.49. The Labute approximate surface area is 246 Å². The third kappa shape index (κ3) is 5.25. The molecule has 2 aromatic carbocycles. The molecule has 11 nitrogen and oxygen atoms in total. The molecule has 1 aromatic heterocycles. The van der Waals surface area contributed by atoms with Gasteiger partial charge in [0.05, 0.1) is 30.2 Å². The fourth-order valence-corrected chi connectivity index (χ4v) is 6.21. The molecule has 3 aliphatic heterocycles. The number of carbonyl (C=O) groups excluding carboxylic acids is 2. The molecular weight excluding hydrogens is 532 g/mol. The number of likely N-dealkylation sites (tertiary alicyclic amines) is 1. The molecular formula is C31H38N8O3. The van der Waals surface area contributed by atoms with Crippen LogP contribution in [0.5, 0.6) is 5.75 Å². The Bertz CT molecular complexity index is 1470. The highest BCUT2D eigenvalue weighted by Crippen LogP contribution is 2.39. The van der Waals surface area contributed by atoms with E-state index in [1.54, 1.807) is 24.3 Å². The Balaban J connectivity index is 1.19. The third-order valence-electron chi connectivity index (χ3n) is 8.53. The zero-order valence-corrected chi connectivity index (χ0v) is 24.5. The van der Waals surface area contributed by atoms with Crippen molar-refractivity contribution in [3.63, 3.8) is 0 Å². The van der Waals surface area contributed by atoms with E-state index in [0.717, 1.165) is 57.8 Å². The Morgan fingerprint density at radius 2 is 1.83 bits per heavy atom. The number of piperazine rings is 1. The van der Waals surface area contributed by atoms with E-state index in [1.807, 2.05) is 60.2 Å². The maximum Gasteiger partial charge on any atom is 0.260 e. The topological polar surface area (TPSA) is 106 Å². The molecule has 11 heteroatoms. The largest absolute Gasteiger partial charge is 0.495 e. The number of benzene rings is 2. The van der Waals surface area contributed by atoms with Gasteiger partial charge in [0, 0.05) is 64.5 Å². The molecule has 2 amide bonds. The Morgan fingerprint density at radius 1 is 1.07 bits per heavy atom. The number of anilines is 5. The number of para-hydroxylation sites is 1. The smallest absolute Gasteiger partial charge is 0.260 e. The number of nitrogens with one attached hydrogen (secondary N) is 2. The number of carbonyl (C=O) groups is 2. The lowest BCUT2D eigenvalue weighted by Gasteiger charge is -2.40. The van der Waals surface area contributed by atoms with E-state index in [1.165, 1.54) is 0 Å². The van der Waals surface area contributed by atoms with Gasteiger partial charge in [-0.3, -0.25) is 14.5 Å². The zero-order chi connectivity index (χ0) is 29.2. The maximum atomic E-state index is 13.4. The van der Waals surface area contributed by atoms with Gasteiger partial charge >= 0.3 is 0 Å². The number of amides is 2. The number of methoxy groups -OCH3 is 1. The average Bonchev–Trinajstić information content (AvgIpc) is 3.13. The highest BCUT2D eigenvalue weighted by atomic mass is 16.5. The van der Waals surface area contributed by atoms with E-state index in [0.29, 0.717) is 52.6 Å². The Morgan fingerprint density at radius 3 is 2.57 bits per heavy atom. The molecule has 0 bridgehead atoms. The number of piperidine rings is 1. The molecule has 220 valence electrons. The van der Waals surface area contributed by atoms with E-state index < -0.39 is 0 Å². The lowest BCUT2D eigenvalue weighted by Crippen LogP contribution is -2.52. The van der Waals surface area contributed by atoms with Crippen LogP contribution in [0.1, 0.15) is 40.5 Å². The Hall–Kier alpha value is -4.22. The summed E-state index contributed by atoms with van der Waals surface area (Å²) in [5.74, 6) is 1.43. The molecule has 3 aromatic rings. The number of fused-ring (bicyclic) bond motifs is 2. The summed E-state index contributed by atoms with van der Waals surface area (Å²) in [7, 11) is 3.48. The lowest BCUT2D eigenvalue weighted by molar-refractivity contribution is 0.0601. The molecule has 2 saturated heterocycles. The summed E-state index contributed by atoms with van der Waals surface area (Å²) in [4.78, 5) is 44.1. The van der Waals surface area contributed by atoms with Crippen LogP contribution < -0.4 is 25.2 Å². The van der Waals surface area contributed by atoms with Gasteiger partial charge in [0.1, 0.15) is 11.4 Å². The van der Waals surface area contributed by atoms with E-state index in [4.69, 9.17) is 9.72 Å². The zero-order valence-electron chi connectivity index (χ0n) is 24.5. The van der Waals surface area contributed by atoms with Crippen LogP contribution in [0.2, 0.25) is 0 Å². The second-order valence-electron chi connectivity index (χ2n) is 10.9. The summed E-state index contributed by atoms with van der Waals surface area (Å²) >= 11 is 0. The average molecular weight is 571 g/mol. The van der Waals surface area contributed by atoms with Crippen molar-refractivity contribution in [2.45, 2.75) is 25.8 Å². The van der Waals surface area contributed by atoms with Crippen molar-refractivity contribution in [2.75, 3.05) is 75.1 Å². The van der Waals surface area contributed by atoms with Crippen molar-refractivity contribution in [1.29, 1.82) is 0 Å². The van der Waals surface area contributed by atoms with Crippen LogP contribution in [-0.2, 0) is 0 Å². The van der Waals surface area contributed by atoms with E-state index in [-0.39, 0.29) is 11.8 Å². The number of hydrogen-bond donors (Lipinski definition) is 2. The van der Waals surface area contributed by atoms with Gasteiger partial charge in [-0.1, -0.05) is 12.1 Å². The molecule has 0 unspecified atom stereocenters. The van der Waals surface area contributed by atoms with Crippen LogP contribution in [0.3, 0.4) is 0 Å². The summed E-state index contributed by atoms with van der Waals surface area (Å²) in [6.45, 7) is 8.17. The molecule has 4 heterocycles. The lowest BCUT2D eigenvalue weighted by atomic mass is 10.0. The highest BCUT2D eigenvalue weighted by molar-refractivity contribution is 6.13. The van der Waals surface area contributed by atoms with Gasteiger partial charge in [-0.25, -0.2) is 4.98 Å². The second kappa shape index (κ2) is 11.9. The standard InChI is InChI=1S/C31H38N8O3/c1-4-39-26-20-33-31(35-28(26)36(2)25-8-6-5-7-23(25)30(39)41)34-24-10-9-21(19-27(24)42-3)29(40)38-15-11-22(12-16-38)37-17-13-32-14-18-37/h5-10,19-20,22,32H,4,11-18H2,1-3H3,(H,33,34,35). The minimum atomic E-state index is -0.0852. The van der Waals surface area contributed by atoms with Gasteiger partial charge in [0.2, 0.25) is 5.95 Å². The fourth-order valence-electron chi connectivity index (χ4n) is 6.21. The minimum absolute atomic E-state index is 0.0181. The molecule has 3 aliphatic rings. The van der Waals surface area contributed by atoms with E-state index in [2.05, 4.69) is 20.5 Å². The molecule has 42 heavy (non-hydrogen) atoms. The molecule has 2 fully saturated rings. The minimum Gasteiger partial charge on any atom is -0.495 e. The molecule has 0 aliphatic carbocycles. The summed E-state index contributed by atoms with van der Waals surface area (Å²) in [5.41, 5.74) is 3.27. The number of rotatable bonds is 6. The van der Waals surface area contributed by atoms with Crippen molar-refractivity contribution in [3.8, 4) is 5.75 Å². The number of nitrogens with zero attached hydrogens (tertiary/aromatic N) is 6. The van der Waals surface area contributed by atoms with Crippen molar-refractivity contribution in [3.05, 3.63) is 59.8 Å². The van der Waals surface area contributed by atoms with Crippen LogP contribution in [0.25, 0.3) is 0 Å². The van der Waals surface area contributed by atoms with Gasteiger partial charge in [-0.05, 0) is 50.1 Å². The maximum absolute atomic E-state index is 13.4. The molecule has 0 spiro atoms. The van der Waals surface area contributed by atoms with Gasteiger partial charge in [0.25, 0.3) is 11.8 Å². The van der Waals surface area contributed by atoms with Crippen LogP contribution in [0.4, 0.5) is 28.8 Å². The summed E-state index contributed by atoms with van der Waals surface area (Å²) in [6, 6.07) is 13.5. The van der Waals surface area contributed by atoms with Crippen molar-refractivity contribution in [1.82, 2.24) is 25.1 Å². The SMILES string of the molecule is CCN1C(=O)c2ccccc2N(C)c2nc(Nc3ccc(C(=O)N4CCC(N5CCNCC5)CC4)cc3OC)ncc21. The van der Waals surface area contributed by atoms with E-state index in [9.17, 15) is 9.59 Å². The van der Waals surface area contributed by atoms with Crippen molar-refractivity contribution >= 4 is 40.6 Å². The highest BCUT2D eigenvalue weighted by Gasteiger charge is 2.31. The summed E-state index contributed by atoms with van der Waals surface area (Å²) in [6.07, 6.45) is 3.67. The molecule has 2 N–H and O–H groups in total. The van der Waals surface area contributed by atoms with Crippen LogP contribution in [0, 0.1) is 0 Å². The van der Waals surface area contributed by atoms with Crippen LogP contribution in [0.15, 0.2) is 48.7 Å². The molecule has 0 saturated carbocycles. The molecule has 6 rings (SSSR count). The first-order valence-corrected chi connectivity index (χ1v) is 14.7. The summed E-state index contributed by atoms with van der Waals surface area (Å²) < 4.78 is 5.68. The fraction of sp³-hybridized carbons (Fsp3) is 0.419. The van der Waals surface area contributed by atoms with Crippen molar-refractivity contribution < 1.29 is 14.3 Å². The third-order valence-corrected chi connectivity index (χ3v) is 8.53. The normalized spacial score (nSPS) is 17.9. The first kappa shape index (κ1) is 27.9. The van der Waals surface area contributed by atoms with Gasteiger partial charge in [-0.2, -0.15) is 4.98 Å². The number of aromatic nitrogens is 2. The first-order chi connectivity index (χ1) is 20.5. The molecule has 0 radical (unpaired) electrons. The second-order valence-corrected chi connectivity index (χ2v) is 10.9. The number of hydrogen-bond acceptors (Lipinski definition) is 9. The molecule has 0 atom stereocenters.